The SMILES string of the molecule is C=C(Br)CNCc1ncc(C)c([N+](=O)[O-])c1C. The van der Waals surface area contributed by atoms with E-state index in [1.54, 1.807) is 13.8 Å². The van der Waals surface area contributed by atoms with E-state index in [2.05, 4.69) is 32.8 Å². The number of nitrogens with one attached hydrogen (secondary N) is 1. The number of pyridine rings is 1. The van der Waals surface area contributed by atoms with E-state index >= 15 is 0 Å². The number of hydrogen-bond acceptors (Lipinski definition) is 4. The predicted octanol–water partition coefficient (Wildman–Crippen LogP) is 2.60. The molecule has 1 rings (SSSR count). The van der Waals surface area contributed by atoms with Gasteiger partial charge in [-0.2, -0.15) is 0 Å². The third-order valence-electron chi connectivity index (χ3n) is 2.37. The maximum atomic E-state index is 10.9. The number of halogens is 1. The molecule has 92 valence electrons. The van der Waals surface area contributed by atoms with Crippen molar-refractivity contribution in [2.75, 3.05) is 6.54 Å². The molecule has 0 aliphatic rings. The van der Waals surface area contributed by atoms with Crippen LogP contribution < -0.4 is 5.32 Å². The van der Waals surface area contributed by atoms with E-state index < -0.39 is 0 Å². The maximum absolute atomic E-state index is 10.9. The van der Waals surface area contributed by atoms with Crippen LogP contribution in [0.2, 0.25) is 0 Å². The molecule has 0 bridgehead atoms. The van der Waals surface area contributed by atoms with Crippen LogP contribution in [0.25, 0.3) is 0 Å². The van der Waals surface area contributed by atoms with E-state index in [1.165, 1.54) is 6.20 Å². The lowest BCUT2D eigenvalue weighted by atomic mass is 10.1. The fraction of sp³-hybridized carbons (Fsp3) is 0.364. The molecule has 0 aliphatic carbocycles. The van der Waals surface area contributed by atoms with Gasteiger partial charge in [0, 0.05) is 34.9 Å². The molecule has 17 heavy (non-hydrogen) atoms. The van der Waals surface area contributed by atoms with Gasteiger partial charge in [0.25, 0.3) is 5.69 Å². The van der Waals surface area contributed by atoms with E-state index in [0.717, 1.165) is 4.48 Å². The maximum Gasteiger partial charge on any atom is 0.278 e. The number of aromatic nitrogens is 1. The average Bonchev–Trinajstić information content (AvgIpc) is 2.20. The van der Waals surface area contributed by atoms with Crippen LogP contribution in [0.15, 0.2) is 17.3 Å². The molecule has 0 amide bonds. The topological polar surface area (TPSA) is 68.1 Å². The van der Waals surface area contributed by atoms with E-state index in [4.69, 9.17) is 0 Å². The van der Waals surface area contributed by atoms with Crippen molar-refractivity contribution < 1.29 is 4.92 Å². The average molecular weight is 300 g/mol. The summed E-state index contributed by atoms with van der Waals surface area (Å²) in [6.45, 7) is 8.19. The lowest BCUT2D eigenvalue weighted by Gasteiger charge is -2.08. The highest BCUT2D eigenvalue weighted by molar-refractivity contribution is 9.11. The van der Waals surface area contributed by atoms with Gasteiger partial charge in [-0.15, -0.1) is 0 Å². The third-order valence-corrected chi connectivity index (χ3v) is 2.65. The van der Waals surface area contributed by atoms with Gasteiger partial charge in [-0.05, 0) is 13.8 Å². The van der Waals surface area contributed by atoms with Gasteiger partial charge in [-0.1, -0.05) is 22.5 Å². The van der Waals surface area contributed by atoms with Crippen molar-refractivity contribution in [1.82, 2.24) is 10.3 Å². The third kappa shape index (κ3) is 3.61. The number of aryl methyl sites for hydroxylation is 1. The second-order valence-corrected chi connectivity index (χ2v) is 4.86. The van der Waals surface area contributed by atoms with Crippen molar-refractivity contribution in [3.63, 3.8) is 0 Å². The van der Waals surface area contributed by atoms with Gasteiger partial charge in [-0.3, -0.25) is 15.1 Å². The van der Waals surface area contributed by atoms with Crippen LogP contribution in [0.3, 0.4) is 0 Å². The number of rotatable bonds is 5. The molecule has 1 aromatic heterocycles. The fourth-order valence-electron chi connectivity index (χ4n) is 1.54. The van der Waals surface area contributed by atoms with Gasteiger partial charge in [0.05, 0.1) is 10.6 Å². The highest BCUT2D eigenvalue weighted by atomic mass is 79.9. The zero-order chi connectivity index (χ0) is 13.0. The van der Waals surface area contributed by atoms with Crippen molar-refractivity contribution in [2.45, 2.75) is 20.4 Å². The van der Waals surface area contributed by atoms with Crippen molar-refractivity contribution >= 4 is 21.6 Å². The molecule has 0 aromatic carbocycles. The molecule has 6 heteroatoms. The van der Waals surface area contributed by atoms with Crippen LogP contribution in [0, 0.1) is 24.0 Å². The molecule has 0 unspecified atom stereocenters. The van der Waals surface area contributed by atoms with E-state index in [9.17, 15) is 10.1 Å². The minimum atomic E-state index is -0.362. The first-order valence-corrected chi connectivity index (χ1v) is 5.86. The first-order valence-electron chi connectivity index (χ1n) is 5.07. The predicted molar refractivity (Wildman–Crippen MR) is 70.1 cm³/mol. The summed E-state index contributed by atoms with van der Waals surface area (Å²) in [4.78, 5) is 14.8. The van der Waals surface area contributed by atoms with Gasteiger partial charge in [0.2, 0.25) is 0 Å². The van der Waals surface area contributed by atoms with E-state index in [-0.39, 0.29) is 10.6 Å². The second-order valence-electron chi connectivity index (χ2n) is 3.74. The molecule has 0 spiro atoms. The van der Waals surface area contributed by atoms with Crippen molar-refractivity contribution in [2.24, 2.45) is 0 Å². The highest BCUT2D eigenvalue weighted by Gasteiger charge is 2.18. The van der Waals surface area contributed by atoms with Crippen LogP contribution in [0.5, 0.6) is 0 Å². The van der Waals surface area contributed by atoms with Gasteiger partial charge in [-0.25, -0.2) is 0 Å². The summed E-state index contributed by atoms with van der Waals surface area (Å²) < 4.78 is 0.830. The molecular formula is C11H14BrN3O2. The lowest BCUT2D eigenvalue weighted by Crippen LogP contribution is -2.17. The molecule has 1 aromatic rings. The Kier molecular flexibility index (Phi) is 4.77. The van der Waals surface area contributed by atoms with Gasteiger partial charge in [0.1, 0.15) is 0 Å². The van der Waals surface area contributed by atoms with Gasteiger partial charge >= 0.3 is 0 Å². The van der Waals surface area contributed by atoms with E-state index in [0.29, 0.717) is 29.9 Å². The standard InChI is InChI=1S/C11H14BrN3O2/c1-7-4-14-10(6-13-5-8(2)12)9(3)11(7)15(16)17/h4,13H,2,5-6H2,1,3H3. The smallest absolute Gasteiger partial charge is 0.278 e. The van der Waals surface area contributed by atoms with Gasteiger partial charge < -0.3 is 5.32 Å². The second kappa shape index (κ2) is 5.88. The Morgan fingerprint density at radius 2 is 2.29 bits per heavy atom. The zero-order valence-corrected chi connectivity index (χ0v) is 11.4. The van der Waals surface area contributed by atoms with Crippen LogP contribution in [0.1, 0.15) is 16.8 Å². The molecule has 0 saturated carbocycles. The van der Waals surface area contributed by atoms with Crippen LogP contribution in [-0.2, 0) is 6.54 Å². The Balaban J connectivity index is 2.91. The largest absolute Gasteiger partial charge is 0.307 e. The molecule has 0 atom stereocenters. The summed E-state index contributed by atoms with van der Waals surface area (Å²) in [5.74, 6) is 0. The summed E-state index contributed by atoms with van der Waals surface area (Å²) in [6, 6.07) is 0. The van der Waals surface area contributed by atoms with E-state index in [1.807, 2.05) is 0 Å². The summed E-state index contributed by atoms with van der Waals surface area (Å²) in [6.07, 6.45) is 1.53. The Bertz CT molecular complexity index is 460. The molecule has 0 fully saturated rings. The first-order chi connectivity index (χ1) is 7.93. The normalized spacial score (nSPS) is 10.3. The zero-order valence-electron chi connectivity index (χ0n) is 9.79. The highest BCUT2D eigenvalue weighted by Crippen LogP contribution is 2.23. The summed E-state index contributed by atoms with van der Waals surface area (Å²) in [7, 11) is 0. The molecule has 0 radical (unpaired) electrons. The van der Waals surface area contributed by atoms with Crippen molar-refractivity contribution in [1.29, 1.82) is 0 Å². The molecule has 0 aliphatic heterocycles. The summed E-state index contributed by atoms with van der Waals surface area (Å²) in [5, 5.41) is 14.0. The summed E-state index contributed by atoms with van der Waals surface area (Å²) >= 11 is 3.23. The Labute approximate surface area is 108 Å². The van der Waals surface area contributed by atoms with Crippen LogP contribution in [0.4, 0.5) is 5.69 Å². The molecule has 5 nitrogen and oxygen atoms in total. The van der Waals surface area contributed by atoms with Crippen molar-refractivity contribution in [3.05, 3.63) is 44.2 Å². The fourth-order valence-corrected chi connectivity index (χ4v) is 1.74. The summed E-state index contributed by atoms with van der Waals surface area (Å²) in [5.41, 5.74) is 2.04. The number of hydrogen-bond donors (Lipinski definition) is 1. The van der Waals surface area contributed by atoms with Crippen molar-refractivity contribution in [3.8, 4) is 0 Å². The minimum Gasteiger partial charge on any atom is -0.307 e. The molecule has 1 heterocycles. The minimum absolute atomic E-state index is 0.148. The number of nitro groups is 1. The Morgan fingerprint density at radius 3 is 2.82 bits per heavy atom. The van der Waals surface area contributed by atoms with Gasteiger partial charge in [0.15, 0.2) is 0 Å². The molecular weight excluding hydrogens is 286 g/mol. The molecule has 0 saturated heterocycles. The van der Waals surface area contributed by atoms with Crippen LogP contribution in [-0.4, -0.2) is 16.5 Å². The quantitative estimate of drug-likeness (QED) is 0.670. The Morgan fingerprint density at radius 1 is 1.65 bits per heavy atom. The monoisotopic (exact) mass is 299 g/mol. The Hall–Kier alpha value is -1.27. The lowest BCUT2D eigenvalue weighted by molar-refractivity contribution is -0.386. The first kappa shape index (κ1) is 13.8. The number of nitrogens with zero attached hydrogens (tertiary/aromatic N) is 2. The van der Waals surface area contributed by atoms with Crippen LogP contribution >= 0.6 is 15.9 Å². The molecule has 1 N–H and O–H groups in total.